The van der Waals surface area contributed by atoms with Gasteiger partial charge < -0.3 is 20.5 Å². The summed E-state index contributed by atoms with van der Waals surface area (Å²) in [6.07, 6.45) is 0.217. The quantitative estimate of drug-likeness (QED) is 0.434. The second kappa shape index (κ2) is 9.09. The number of nitrogens with zero attached hydrogens (tertiary/aromatic N) is 3. The van der Waals surface area contributed by atoms with Crippen LogP contribution in [-0.2, 0) is 9.53 Å². The molecule has 0 fully saturated rings. The van der Waals surface area contributed by atoms with E-state index >= 15 is 0 Å². The van der Waals surface area contributed by atoms with E-state index in [1.165, 1.54) is 13.3 Å². The first-order valence-corrected chi connectivity index (χ1v) is 9.68. The Morgan fingerprint density at radius 3 is 2.56 bits per heavy atom. The second-order valence-corrected chi connectivity index (χ2v) is 6.74. The Labute approximate surface area is 184 Å². The van der Waals surface area contributed by atoms with Crippen LogP contribution in [0.1, 0.15) is 16.7 Å². The Bertz CT molecular complexity index is 1210. The highest BCUT2D eigenvalue weighted by Gasteiger charge is 2.26. The SMILES string of the molecule is COc1ccc(C(=N)OC(N)=NC2N=C(c3ccccc3)c3ccccc3NC2=O)cn1. The topological polar surface area (TPSA) is 135 Å². The number of fused-ring (bicyclic) bond motifs is 1. The summed E-state index contributed by atoms with van der Waals surface area (Å²) in [5.74, 6) is -0.334. The number of aliphatic imine (C=N–C) groups is 2. The average Bonchev–Trinajstić information content (AvgIpc) is 2.96. The van der Waals surface area contributed by atoms with Crippen molar-refractivity contribution in [2.45, 2.75) is 6.17 Å². The van der Waals surface area contributed by atoms with Crippen molar-refractivity contribution in [1.29, 1.82) is 5.41 Å². The number of ether oxygens (including phenoxy) is 2. The third-order valence-corrected chi connectivity index (χ3v) is 4.64. The number of nitrogens with two attached hydrogens (primary N) is 1. The van der Waals surface area contributed by atoms with Gasteiger partial charge in [-0.05, 0) is 12.1 Å². The molecule has 9 heteroatoms. The van der Waals surface area contributed by atoms with Crippen molar-refractivity contribution in [2.75, 3.05) is 12.4 Å². The fraction of sp³-hybridized carbons (Fsp3) is 0.0870. The number of anilines is 1. The van der Waals surface area contributed by atoms with E-state index in [2.05, 4.69) is 20.3 Å². The van der Waals surface area contributed by atoms with E-state index in [1.807, 2.05) is 48.5 Å². The third-order valence-electron chi connectivity index (χ3n) is 4.64. The van der Waals surface area contributed by atoms with E-state index in [9.17, 15) is 4.79 Å². The minimum atomic E-state index is -1.20. The molecular weight excluding hydrogens is 408 g/mol. The maximum atomic E-state index is 12.8. The molecule has 0 saturated carbocycles. The van der Waals surface area contributed by atoms with E-state index in [0.29, 0.717) is 22.8 Å². The molecule has 0 aliphatic carbocycles. The van der Waals surface area contributed by atoms with Crippen LogP contribution in [0.4, 0.5) is 5.69 Å². The maximum absolute atomic E-state index is 12.8. The molecule has 4 N–H and O–H groups in total. The Balaban J connectivity index is 1.63. The summed E-state index contributed by atoms with van der Waals surface area (Å²) >= 11 is 0. The highest BCUT2D eigenvalue weighted by molar-refractivity contribution is 6.19. The molecular formula is C23H20N6O3. The monoisotopic (exact) mass is 428 g/mol. The first-order valence-electron chi connectivity index (χ1n) is 9.68. The number of aromatic nitrogens is 1. The van der Waals surface area contributed by atoms with Gasteiger partial charge in [0.2, 0.25) is 17.9 Å². The summed E-state index contributed by atoms with van der Waals surface area (Å²) in [5, 5.41) is 10.9. The smallest absolute Gasteiger partial charge is 0.291 e. The predicted molar refractivity (Wildman–Crippen MR) is 121 cm³/mol. The minimum Gasteiger partial charge on any atom is -0.481 e. The van der Waals surface area contributed by atoms with Crippen LogP contribution in [-0.4, -0.2) is 41.8 Å². The zero-order chi connectivity index (χ0) is 22.5. The fourth-order valence-electron chi connectivity index (χ4n) is 3.11. The number of rotatable bonds is 4. The number of benzene rings is 2. The number of methoxy groups -OCH3 is 1. The number of carbonyl (C=O) groups excluding carboxylic acids is 1. The number of amidine groups is 1. The van der Waals surface area contributed by atoms with Crippen molar-refractivity contribution in [3.05, 3.63) is 89.6 Å². The van der Waals surface area contributed by atoms with Gasteiger partial charge in [-0.1, -0.05) is 48.5 Å². The molecule has 0 bridgehead atoms. The number of hydrogen-bond acceptors (Lipinski definition) is 7. The lowest BCUT2D eigenvalue weighted by atomic mass is 10.0. The van der Waals surface area contributed by atoms with Crippen molar-refractivity contribution >= 4 is 29.2 Å². The molecule has 0 saturated heterocycles. The number of amides is 1. The van der Waals surface area contributed by atoms with Gasteiger partial charge in [-0.3, -0.25) is 10.2 Å². The van der Waals surface area contributed by atoms with Gasteiger partial charge in [0.15, 0.2) is 0 Å². The number of pyridine rings is 1. The van der Waals surface area contributed by atoms with Gasteiger partial charge in [-0.15, -0.1) is 0 Å². The van der Waals surface area contributed by atoms with Crippen LogP contribution in [0.15, 0.2) is 82.9 Å². The molecule has 2 heterocycles. The highest BCUT2D eigenvalue weighted by atomic mass is 16.5. The number of benzodiazepines with no additional fused rings is 1. The number of carbonyl (C=O) groups is 1. The molecule has 32 heavy (non-hydrogen) atoms. The summed E-state index contributed by atoms with van der Waals surface area (Å²) in [6.45, 7) is 0. The summed E-state index contributed by atoms with van der Waals surface area (Å²) in [5.41, 5.74) is 9.07. The van der Waals surface area contributed by atoms with Crippen LogP contribution >= 0.6 is 0 Å². The van der Waals surface area contributed by atoms with E-state index in [4.69, 9.17) is 20.6 Å². The fourth-order valence-corrected chi connectivity index (χ4v) is 3.11. The van der Waals surface area contributed by atoms with Crippen LogP contribution in [0.2, 0.25) is 0 Å². The van der Waals surface area contributed by atoms with Gasteiger partial charge in [0.05, 0.1) is 24.1 Å². The molecule has 1 aliphatic heterocycles. The van der Waals surface area contributed by atoms with Crippen molar-refractivity contribution in [3.8, 4) is 5.88 Å². The van der Waals surface area contributed by atoms with E-state index < -0.39 is 12.1 Å². The number of nitrogens with one attached hydrogen (secondary N) is 2. The molecule has 2 aromatic carbocycles. The molecule has 3 aromatic rings. The van der Waals surface area contributed by atoms with E-state index in [1.54, 1.807) is 18.2 Å². The molecule has 1 unspecified atom stereocenters. The minimum absolute atomic E-state index is 0.272. The maximum Gasteiger partial charge on any atom is 0.291 e. The van der Waals surface area contributed by atoms with Gasteiger partial charge in [0.25, 0.3) is 11.9 Å². The van der Waals surface area contributed by atoms with Crippen molar-refractivity contribution in [3.63, 3.8) is 0 Å². The Morgan fingerprint density at radius 2 is 1.84 bits per heavy atom. The summed E-state index contributed by atoms with van der Waals surface area (Å²) in [7, 11) is 1.49. The standard InChI is InChI=1S/C23H20N6O3/c1-31-18-12-11-15(13-26-18)20(24)32-23(25)29-21-22(30)27-17-10-6-5-9-16(17)19(28-21)14-7-3-2-4-8-14/h2-13,21,24H,1H3,(H2,25,29)(H,27,30). The zero-order valence-electron chi connectivity index (χ0n) is 17.1. The first kappa shape index (κ1) is 20.7. The molecule has 160 valence electrons. The van der Waals surface area contributed by atoms with E-state index in [-0.39, 0.29) is 11.9 Å². The summed E-state index contributed by atoms with van der Waals surface area (Å²) in [6, 6.07) is 19.7. The summed E-state index contributed by atoms with van der Waals surface area (Å²) in [4.78, 5) is 25.5. The highest BCUT2D eigenvalue weighted by Crippen LogP contribution is 2.24. The average molecular weight is 428 g/mol. The van der Waals surface area contributed by atoms with Crippen LogP contribution < -0.4 is 15.8 Å². The summed E-state index contributed by atoms with van der Waals surface area (Å²) < 4.78 is 10.3. The lowest BCUT2D eigenvalue weighted by molar-refractivity contribution is -0.117. The molecule has 1 aliphatic rings. The first-order chi connectivity index (χ1) is 15.5. The molecule has 4 rings (SSSR count). The van der Waals surface area contributed by atoms with Gasteiger partial charge >= 0.3 is 0 Å². The lowest BCUT2D eigenvalue weighted by Gasteiger charge is -2.10. The molecule has 1 aromatic heterocycles. The van der Waals surface area contributed by atoms with Crippen LogP contribution in [0.25, 0.3) is 0 Å². The van der Waals surface area contributed by atoms with E-state index in [0.717, 1.165) is 11.1 Å². The van der Waals surface area contributed by atoms with Crippen LogP contribution in [0.3, 0.4) is 0 Å². The predicted octanol–water partition coefficient (Wildman–Crippen LogP) is 2.56. The largest absolute Gasteiger partial charge is 0.481 e. The van der Waals surface area contributed by atoms with Crippen molar-refractivity contribution < 1.29 is 14.3 Å². The second-order valence-electron chi connectivity index (χ2n) is 6.74. The third kappa shape index (κ3) is 4.46. The van der Waals surface area contributed by atoms with Crippen molar-refractivity contribution in [1.82, 2.24) is 4.98 Å². The van der Waals surface area contributed by atoms with Gasteiger partial charge in [0, 0.05) is 23.4 Å². The van der Waals surface area contributed by atoms with Gasteiger partial charge in [-0.2, -0.15) is 4.99 Å². The molecule has 0 spiro atoms. The van der Waals surface area contributed by atoms with Gasteiger partial charge in [-0.25, -0.2) is 9.98 Å². The molecule has 1 atom stereocenters. The normalized spacial score (nSPS) is 15.7. The lowest BCUT2D eigenvalue weighted by Crippen LogP contribution is -2.29. The Kier molecular flexibility index (Phi) is 5.89. The van der Waals surface area contributed by atoms with Gasteiger partial charge in [0.1, 0.15) is 0 Å². The molecule has 9 nitrogen and oxygen atoms in total. The van der Waals surface area contributed by atoms with Crippen LogP contribution in [0, 0.1) is 5.41 Å². The molecule has 0 radical (unpaired) electrons. The zero-order valence-corrected chi connectivity index (χ0v) is 17.1. The number of hydrogen-bond donors (Lipinski definition) is 3. The van der Waals surface area contributed by atoms with Crippen molar-refractivity contribution in [2.24, 2.45) is 15.7 Å². The Hall–Kier alpha value is -4.53. The Morgan fingerprint density at radius 1 is 1.09 bits per heavy atom. The number of para-hydroxylation sites is 1. The molecule has 1 amide bonds. The van der Waals surface area contributed by atoms with Crippen LogP contribution in [0.5, 0.6) is 5.88 Å².